The van der Waals surface area contributed by atoms with Crippen LogP contribution in [-0.4, -0.2) is 19.6 Å². The van der Waals surface area contributed by atoms with Gasteiger partial charge in [-0.1, -0.05) is 0 Å². The molecule has 5 heteroatoms. The van der Waals surface area contributed by atoms with E-state index in [1.165, 1.54) is 0 Å². The van der Waals surface area contributed by atoms with Gasteiger partial charge in [0.05, 0.1) is 19.3 Å². The first-order valence-corrected chi connectivity index (χ1v) is 4.57. The lowest BCUT2D eigenvalue weighted by molar-refractivity contribution is 0.500. The van der Waals surface area contributed by atoms with Crippen LogP contribution >= 0.6 is 0 Å². The van der Waals surface area contributed by atoms with Crippen LogP contribution in [0.1, 0.15) is 5.56 Å². The molecule has 0 bridgehead atoms. The van der Waals surface area contributed by atoms with Crippen LogP contribution in [-0.2, 0) is 19.6 Å². The van der Waals surface area contributed by atoms with Crippen LogP contribution in [0.5, 0.6) is 0 Å². The second-order valence-electron chi connectivity index (χ2n) is 3.08. The normalized spacial score (nSPS) is 10.6. The van der Waals surface area contributed by atoms with Crippen molar-refractivity contribution < 1.29 is 0 Å². The molecule has 0 amide bonds. The monoisotopic (exact) mass is 191 g/mol. The van der Waals surface area contributed by atoms with E-state index in [4.69, 9.17) is 5.73 Å². The molecule has 0 radical (unpaired) electrons. The lowest BCUT2D eigenvalue weighted by atomic mass is 10.4. The van der Waals surface area contributed by atoms with Gasteiger partial charge < -0.3 is 5.73 Å². The smallest absolute Gasteiger partial charge is 0.0605 e. The van der Waals surface area contributed by atoms with Crippen molar-refractivity contribution >= 4 is 0 Å². The predicted molar refractivity (Wildman–Crippen MR) is 52.3 cm³/mol. The first kappa shape index (κ1) is 8.96. The van der Waals surface area contributed by atoms with Crippen LogP contribution in [0, 0.1) is 0 Å². The Morgan fingerprint density at radius 1 is 1.21 bits per heavy atom. The summed E-state index contributed by atoms with van der Waals surface area (Å²) in [6.45, 7) is 2.20. The van der Waals surface area contributed by atoms with Crippen molar-refractivity contribution in [2.24, 2.45) is 5.73 Å². The molecular weight excluding hydrogens is 178 g/mol. The number of hydrogen-bond acceptors (Lipinski definition) is 3. The molecule has 2 N–H and O–H groups in total. The van der Waals surface area contributed by atoms with Gasteiger partial charge in [-0.05, 0) is 6.07 Å². The molecule has 2 aromatic rings. The maximum Gasteiger partial charge on any atom is 0.0605 e. The van der Waals surface area contributed by atoms with Crippen LogP contribution in [0.2, 0.25) is 0 Å². The third-order valence-corrected chi connectivity index (χ3v) is 2.04. The minimum Gasteiger partial charge on any atom is -0.326 e. The highest BCUT2D eigenvalue weighted by atomic mass is 15.3. The first-order chi connectivity index (χ1) is 6.88. The Morgan fingerprint density at radius 3 is 2.71 bits per heavy atom. The van der Waals surface area contributed by atoms with Crippen molar-refractivity contribution in [1.82, 2.24) is 19.6 Å². The molecule has 14 heavy (non-hydrogen) atoms. The lowest BCUT2D eigenvalue weighted by Gasteiger charge is -2.01. The maximum atomic E-state index is 5.48. The standard InChI is InChI=1S/C9H13N5/c10-6-9-7-12-14(8-9)5-4-13-3-1-2-11-13/h1-3,7-8H,4-6,10H2. The van der Waals surface area contributed by atoms with E-state index in [2.05, 4.69) is 10.2 Å². The van der Waals surface area contributed by atoms with Gasteiger partial charge in [0.25, 0.3) is 0 Å². The van der Waals surface area contributed by atoms with Crippen LogP contribution < -0.4 is 5.73 Å². The highest BCUT2D eigenvalue weighted by Crippen LogP contribution is 1.96. The van der Waals surface area contributed by atoms with Gasteiger partial charge in [0.15, 0.2) is 0 Å². The van der Waals surface area contributed by atoms with Gasteiger partial charge in [0.1, 0.15) is 0 Å². The molecular formula is C9H13N5. The Morgan fingerprint density at radius 2 is 2.07 bits per heavy atom. The average Bonchev–Trinajstić information content (AvgIpc) is 2.86. The van der Waals surface area contributed by atoms with Gasteiger partial charge in [-0.3, -0.25) is 9.36 Å². The predicted octanol–water partition coefficient (Wildman–Crippen LogP) is 0.238. The quantitative estimate of drug-likeness (QED) is 0.753. The Kier molecular flexibility index (Phi) is 2.60. The number of nitrogens with two attached hydrogens (primary N) is 1. The van der Waals surface area contributed by atoms with Crippen molar-refractivity contribution in [2.45, 2.75) is 19.6 Å². The number of rotatable bonds is 4. The summed E-state index contributed by atoms with van der Waals surface area (Å²) in [5, 5.41) is 8.29. The van der Waals surface area contributed by atoms with E-state index in [-0.39, 0.29) is 0 Å². The molecule has 74 valence electrons. The van der Waals surface area contributed by atoms with Crippen molar-refractivity contribution in [3.8, 4) is 0 Å². The summed E-state index contributed by atoms with van der Waals surface area (Å²) in [5.41, 5.74) is 6.54. The van der Waals surface area contributed by atoms with Gasteiger partial charge in [0.2, 0.25) is 0 Å². The summed E-state index contributed by atoms with van der Waals surface area (Å²) in [6, 6.07) is 1.91. The molecule has 2 aromatic heterocycles. The molecule has 0 fully saturated rings. The third kappa shape index (κ3) is 2.00. The fraction of sp³-hybridized carbons (Fsp3) is 0.333. The summed E-state index contributed by atoms with van der Waals surface area (Å²) < 4.78 is 3.76. The van der Waals surface area contributed by atoms with Crippen LogP contribution in [0.3, 0.4) is 0 Å². The molecule has 0 spiro atoms. The summed E-state index contributed by atoms with van der Waals surface area (Å²) in [5.74, 6) is 0. The fourth-order valence-corrected chi connectivity index (χ4v) is 1.27. The largest absolute Gasteiger partial charge is 0.326 e. The average molecular weight is 191 g/mol. The topological polar surface area (TPSA) is 61.7 Å². The molecule has 0 saturated heterocycles. The van der Waals surface area contributed by atoms with Crippen molar-refractivity contribution in [3.05, 3.63) is 36.4 Å². The van der Waals surface area contributed by atoms with E-state index >= 15 is 0 Å². The molecule has 2 heterocycles. The Hall–Kier alpha value is -1.62. The van der Waals surface area contributed by atoms with E-state index in [1.54, 1.807) is 12.4 Å². The summed E-state index contributed by atoms with van der Waals surface area (Å²) in [4.78, 5) is 0. The summed E-state index contributed by atoms with van der Waals surface area (Å²) in [7, 11) is 0. The summed E-state index contributed by atoms with van der Waals surface area (Å²) >= 11 is 0. The zero-order chi connectivity index (χ0) is 9.80. The van der Waals surface area contributed by atoms with E-state index in [0.29, 0.717) is 6.54 Å². The first-order valence-electron chi connectivity index (χ1n) is 4.57. The number of aryl methyl sites for hydroxylation is 2. The highest BCUT2D eigenvalue weighted by Gasteiger charge is 1.96. The van der Waals surface area contributed by atoms with Crippen molar-refractivity contribution in [3.63, 3.8) is 0 Å². The molecule has 2 rings (SSSR count). The van der Waals surface area contributed by atoms with Gasteiger partial charge in [-0.2, -0.15) is 10.2 Å². The molecule has 0 aliphatic carbocycles. The van der Waals surface area contributed by atoms with Gasteiger partial charge >= 0.3 is 0 Å². The fourth-order valence-electron chi connectivity index (χ4n) is 1.27. The van der Waals surface area contributed by atoms with Gasteiger partial charge in [0, 0.05) is 30.7 Å². The van der Waals surface area contributed by atoms with Crippen LogP contribution in [0.15, 0.2) is 30.9 Å². The minimum absolute atomic E-state index is 0.543. The van der Waals surface area contributed by atoms with E-state index in [1.807, 2.05) is 27.8 Å². The molecule has 0 aliphatic heterocycles. The van der Waals surface area contributed by atoms with Gasteiger partial charge in [-0.15, -0.1) is 0 Å². The zero-order valence-corrected chi connectivity index (χ0v) is 7.87. The molecule has 0 aliphatic rings. The maximum absolute atomic E-state index is 5.48. The van der Waals surface area contributed by atoms with Crippen LogP contribution in [0.25, 0.3) is 0 Å². The number of hydrogen-bond donors (Lipinski definition) is 1. The SMILES string of the molecule is NCc1cnn(CCn2cccn2)c1. The molecule has 0 aromatic carbocycles. The zero-order valence-electron chi connectivity index (χ0n) is 7.87. The summed E-state index contributed by atoms with van der Waals surface area (Å²) in [6.07, 6.45) is 7.47. The van der Waals surface area contributed by atoms with E-state index in [0.717, 1.165) is 18.7 Å². The Bertz CT molecular complexity index is 376. The van der Waals surface area contributed by atoms with Crippen molar-refractivity contribution in [1.29, 1.82) is 0 Å². The minimum atomic E-state index is 0.543. The van der Waals surface area contributed by atoms with Crippen molar-refractivity contribution in [2.75, 3.05) is 0 Å². The molecule has 0 atom stereocenters. The highest BCUT2D eigenvalue weighted by molar-refractivity contribution is 5.02. The molecule has 0 unspecified atom stereocenters. The van der Waals surface area contributed by atoms with Gasteiger partial charge in [-0.25, -0.2) is 0 Å². The van der Waals surface area contributed by atoms with E-state index < -0.39 is 0 Å². The number of nitrogens with zero attached hydrogens (tertiary/aromatic N) is 4. The van der Waals surface area contributed by atoms with Crippen LogP contribution in [0.4, 0.5) is 0 Å². The Balaban J connectivity index is 1.92. The Labute approximate surface area is 82.1 Å². The number of aromatic nitrogens is 4. The third-order valence-electron chi connectivity index (χ3n) is 2.04. The van der Waals surface area contributed by atoms with E-state index in [9.17, 15) is 0 Å². The molecule has 0 saturated carbocycles. The molecule has 5 nitrogen and oxygen atoms in total. The second-order valence-corrected chi connectivity index (χ2v) is 3.08. The lowest BCUT2D eigenvalue weighted by Crippen LogP contribution is -2.08. The second kappa shape index (κ2) is 4.06.